The zero-order valence-corrected chi connectivity index (χ0v) is 10.5. The van der Waals surface area contributed by atoms with Gasteiger partial charge in [-0.1, -0.05) is 44.2 Å². The van der Waals surface area contributed by atoms with Gasteiger partial charge in [-0.15, -0.1) is 0 Å². The highest BCUT2D eigenvalue weighted by atomic mass is 16.7. The maximum absolute atomic E-state index is 11.2. The average Bonchev–Trinajstić information content (AvgIpc) is 2.28. The molecule has 0 fully saturated rings. The molecule has 1 N–H and O–H groups in total. The molecule has 17 heavy (non-hydrogen) atoms. The molecule has 0 heterocycles. The Morgan fingerprint density at radius 3 is 2.35 bits per heavy atom. The van der Waals surface area contributed by atoms with E-state index in [9.17, 15) is 9.90 Å². The molecule has 0 aliphatic rings. The van der Waals surface area contributed by atoms with Gasteiger partial charge in [0.05, 0.1) is 13.7 Å². The summed E-state index contributed by atoms with van der Waals surface area (Å²) in [5.41, 5.74) is 1.03. The maximum Gasteiger partial charge on any atom is 0.323 e. The lowest BCUT2D eigenvalue weighted by atomic mass is 10.0. The van der Waals surface area contributed by atoms with Crippen molar-refractivity contribution in [2.24, 2.45) is 5.92 Å². The van der Waals surface area contributed by atoms with Crippen LogP contribution in [0.2, 0.25) is 0 Å². The molecule has 0 aliphatic carbocycles. The van der Waals surface area contributed by atoms with Gasteiger partial charge >= 0.3 is 5.97 Å². The van der Waals surface area contributed by atoms with Gasteiger partial charge in [0, 0.05) is 0 Å². The fraction of sp³-hybridized carbons (Fsp3) is 0.462. The highest BCUT2D eigenvalue weighted by Crippen LogP contribution is 2.15. The summed E-state index contributed by atoms with van der Waals surface area (Å²) in [5, 5.41) is 10.7. The molecule has 0 saturated carbocycles. The van der Waals surface area contributed by atoms with E-state index >= 15 is 0 Å². The number of carbonyl (C=O) groups is 1. The summed E-state index contributed by atoms with van der Waals surface area (Å²) in [6.07, 6.45) is 0. The van der Waals surface area contributed by atoms with Gasteiger partial charge in [0.2, 0.25) is 0 Å². The normalized spacial score (nSPS) is 13.0. The van der Waals surface area contributed by atoms with Crippen LogP contribution < -0.4 is 0 Å². The van der Waals surface area contributed by atoms with Gasteiger partial charge in [-0.05, 0) is 11.5 Å². The molecule has 4 nitrogen and oxygen atoms in total. The Morgan fingerprint density at radius 2 is 1.94 bits per heavy atom. The molecule has 0 bridgehead atoms. The Hall–Kier alpha value is -1.39. The summed E-state index contributed by atoms with van der Waals surface area (Å²) in [6, 6.07) is 9.04. The van der Waals surface area contributed by atoms with Crippen LogP contribution in [0.1, 0.15) is 19.4 Å². The first-order chi connectivity index (χ1) is 8.06. The molecule has 0 aliphatic heterocycles. The third-order valence-electron chi connectivity index (χ3n) is 2.61. The van der Waals surface area contributed by atoms with E-state index in [2.05, 4.69) is 0 Å². The van der Waals surface area contributed by atoms with Crippen LogP contribution in [0, 0.1) is 5.92 Å². The number of hydrogen-bond acceptors (Lipinski definition) is 3. The summed E-state index contributed by atoms with van der Waals surface area (Å²) in [5.74, 6) is -0.881. The monoisotopic (exact) mass is 237 g/mol. The number of carboxylic acid groups (broad SMARTS) is 1. The molecule has 0 amide bonds. The van der Waals surface area contributed by atoms with E-state index in [1.54, 1.807) is 0 Å². The largest absolute Gasteiger partial charge is 0.480 e. The molecule has 0 saturated heterocycles. The number of nitrogens with zero attached hydrogens (tertiary/aromatic N) is 1. The smallest absolute Gasteiger partial charge is 0.323 e. The van der Waals surface area contributed by atoms with E-state index in [1.165, 1.54) is 12.2 Å². The summed E-state index contributed by atoms with van der Waals surface area (Å²) in [6.45, 7) is 4.21. The Bertz CT molecular complexity index is 351. The van der Waals surface area contributed by atoms with Gasteiger partial charge in [0.25, 0.3) is 0 Å². The van der Waals surface area contributed by atoms with Crippen molar-refractivity contribution in [1.82, 2.24) is 5.06 Å². The van der Waals surface area contributed by atoms with Crippen molar-refractivity contribution < 1.29 is 14.7 Å². The SMILES string of the molecule is CON(Cc1ccccc1)[C@H](C(=O)O)C(C)C. The minimum atomic E-state index is -0.863. The molecule has 0 aromatic heterocycles. The molecule has 0 spiro atoms. The highest BCUT2D eigenvalue weighted by molar-refractivity contribution is 5.73. The molecular weight excluding hydrogens is 218 g/mol. The van der Waals surface area contributed by atoms with Crippen LogP contribution >= 0.6 is 0 Å². The van der Waals surface area contributed by atoms with Crippen molar-refractivity contribution in [1.29, 1.82) is 0 Å². The van der Waals surface area contributed by atoms with Crippen LogP contribution in [0.4, 0.5) is 0 Å². The fourth-order valence-corrected chi connectivity index (χ4v) is 1.78. The Balaban J connectivity index is 2.80. The first-order valence-corrected chi connectivity index (χ1v) is 5.63. The van der Waals surface area contributed by atoms with Gasteiger partial charge in [-0.25, -0.2) is 0 Å². The van der Waals surface area contributed by atoms with Crippen LogP contribution in [0.3, 0.4) is 0 Å². The van der Waals surface area contributed by atoms with E-state index < -0.39 is 12.0 Å². The van der Waals surface area contributed by atoms with Crippen LogP contribution in [0.5, 0.6) is 0 Å². The molecule has 0 unspecified atom stereocenters. The molecule has 1 aromatic carbocycles. The number of aliphatic carboxylic acids is 1. The van der Waals surface area contributed by atoms with Crippen LogP contribution in [-0.2, 0) is 16.2 Å². The lowest BCUT2D eigenvalue weighted by Crippen LogP contribution is -2.43. The minimum Gasteiger partial charge on any atom is -0.480 e. The van der Waals surface area contributed by atoms with Gasteiger partial charge in [0.15, 0.2) is 0 Å². The van der Waals surface area contributed by atoms with E-state index in [1.807, 2.05) is 44.2 Å². The molecule has 0 radical (unpaired) electrons. The van der Waals surface area contributed by atoms with Crippen molar-refractivity contribution in [3.05, 3.63) is 35.9 Å². The van der Waals surface area contributed by atoms with Crippen molar-refractivity contribution >= 4 is 5.97 Å². The zero-order chi connectivity index (χ0) is 12.8. The van der Waals surface area contributed by atoms with E-state index in [4.69, 9.17) is 4.84 Å². The van der Waals surface area contributed by atoms with Gasteiger partial charge in [-0.3, -0.25) is 4.79 Å². The number of hydroxylamine groups is 2. The average molecular weight is 237 g/mol. The molecule has 1 aromatic rings. The molecule has 4 heteroatoms. The second-order valence-corrected chi connectivity index (χ2v) is 4.27. The predicted octanol–water partition coefficient (Wildman–Crippen LogP) is 2.16. The maximum atomic E-state index is 11.2. The Morgan fingerprint density at radius 1 is 1.35 bits per heavy atom. The summed E-state index contributed by atoms with van der Waals surface area (Å²) in [7, 11) is 1.50. The number of carboxylic acids is 1. The highest BCUT2D eigenvalue weighted by Gasteiger charge is 2.29. The first-order valence-electron chi connectivity index (χ1n) is 5.63. The Kier molecular flexibility index (Phi) is 5.12. The second kappa shape index (κ2) is 6.37. The number of benzene rings is 1. The molecule has 1 atom stereocenters. The summed E-state index contributed by atoms with van der Waals surface area (Å²) >= 11 is 0. The Labute approximate surface area is 102 Å². The zero-order valence-electron chi connectivity index (χ0n) is 10.5. The fourth-order valence-electron chi connectivity index (χ4n) is 1.78. The third kappa shape index (κ3) is 3.84. The first kappa shape index (κ1) is 13.7. The van der Waals surface area contributed by atoms with E-state index in [-0.39, 0.29) is 5.92 Å². The standard InChI is InChI=1S/C13H19NO3/c1-10(2)12(13(15)16)14(17-3)9-11-7-5-4-6-8-11/h4-8,10,12H,9H2,1-3H3,(H,15,16)/t12-/m0/s1. The summed E-state index contributed by atoms with van der Waals surface area (Å²) in [4.78, 5) is 16.4. The van der Waals surface area contributed by atoms with E-state index in [0.29, 0.717) is 6.54 Å². The lowest BCUT2D eigenvalue weighted by Gasteiger charge is -2.28. The number of rotatable bonds is 6. The quantitative estimate of drug-likeness (QED) is 0.770. The van der Waals surface area contributed by atoms with Crippen molar-refractivity contribution in [2.45, 2.75) is 26.4 Å². The minimum absolute atomic E-state index is 0.0174. The number of hydrogen-bond donors (Lipinski definition) is 1. The predicted molar refractivity (Wildman–Crippen MR) is 65.3 cm³/mol. The molecule has 94 valence electrons. The van der Waals surface area contributed by atoms with Crippen molar-refractivity contribution in [3.63, 3.8) is 0 Å². The molecular formula is C13H19NO3. The van der Waals surface area contributed by atoms with E-state index in [0.717, 1.165) is 5.56 Å². The van der Waals surface area contributed by atoms with Gasteiger partial charge in [-0.2, -0.15) is 5.06 Å². The van der Waals surface area contributed by atoms with Crippen LogP contribution in [0.25, 0.3) is 0 Å². The van der Waals surface area contributed by atoms with Crippen molar-refractivity contribution in [3.8, 4) is 0 Å². The molecule has 1 rings (SSSR count). The van der Waals surface area contributed by atoms with Gasteiger partial charge in [0.1, 0.15) is 6.04 Å². The summed E-state index contributed by atoms with van der Waals surface area (Å²) < 4.78 is 0. The second-order valence-electron chi connectivity index (χ2n) is 4.27. The third-order valence-corrected chi connectivity index (χ3v) is 2.61. The van der Waals surface area contributed by atoms with Crippen molar-refractivity contribution in [2.75, 3.05) is 7.11 Å². The lowest BCUT2D eigenvalue weighted by molar-refractivity contribution is -0.195. The van der Waals surface area contributed by atoms with Gasteiger partial charge < -0.3 is 9.94 Å². The topological polar surface area (TPSA) is 49.8 Å². The van der Waals surface area contributed by atoms with Crippen LogP contribution in [0.15, 0.2) is 30.3 Å². The van der Waals surface area contributed by atoms with Crippen LogP contribution in [-0.4, -0.2) is 29.3 Å².